The molecule has 1 aliphatic heterocycles. The third kappa shape index (κ3) is 1.73. The van der Waals surface area contributed by atoms with Gasteiger partial charge >= 0.3 is 5.97 Å². The van der Waals surface area contributed by atoms with Crippen LogP contribution in [0.15, 0.2) is 11.0 Å². The molecule has 1 heterocycles. The van der Waals surface area contributed by atoms with E-state index in [1.54, 1.807) is 0 Å². The maximum absolute atomic E-state index is 12.0. The van der Waals surface area contributed by atoms with Crippen LogP contribution >= 0.6 is 0 Å². The Labute approximate surface area is 104 Å². The minimum absolute atomic E-state index is 0.00116. The summed E-state index contributed by atoms with van der Waals surface area (Å²) in [6.07, 6.45) is -0.0846. The number of sulfone groups is 1. The Hall–Kier alpha value is -1.69. The van der Waals surface area contributed by atoms with Crippen LogP contribution in [0, 0.1) is 13.8 Å². The highest BCUT2D eigenvalue weighted by molar-refractivity contribution is 7.91. The van der Waals surface area contributed by atoms with Gasteiger partial charge in [0.15, 0.2) is 15.6 Å². The van der Waals surface area contributed by atoms with Crippen molar-refractivity contribution in [3.8, 4) is 0 Å². The first kappa shape index (κ1) is 12.8. The summed E-state index contributed by atoms with van der Waals surface area (Å²) >= 11 is 0. The van der Waals surface area contributed by atoms with Crippen LogP contribution in [0.4, 0.5) is 0 Å². The number of hydrogen-bond donors (Lipinski definition) is 1. The zero-order valence-electron chi connectivity index (χ0n) is 9.98. The summed E-state index contributed by atoms with van der Waals surface area (Å²) in [7, 11) is -3.48. The predicted octanol–water partition coefficient (Wildman–Crippen LogP) is 1.36. The standard InChI is InChI=1S/C12H12O5S/c1-6-5-8(12(14)15)7(2)10-9(13)3-4-18(16,17)11(6)10/h5H,3-4H2,1-2H3,(H,14,15). The summed E-state index contributed by atoms with van der Waals surface area (Å²) < 4.78 is 23.9. The molecule has 0 spiro atoms. The SMILES string of the molecule is Cc1cc(C(=O)O)c(C)c2c1S(=O)(=O)CCC2=O. The van der Waals surface area contributed by atoms with Crippen LogP contribution in [-0.4, -0.2) is 31.0 Å². The van der Waals surface area contributed by atoms with Crippen LogP contribution < -0.4 is 0 Å². The van der Waals surface area contributed by atoms with Gasteiger partial charge < -0.3 is 5.11 Å². The molecule has 2 rings (SSSR count). The number of carbonyl (C=O) groups excluding carboxylic acids is 1. The molecule has 18 heavy (non-hydrogen) atoms. The summed E-state index contributed by atoms with van der Waals surface area (Å²) in [5.74, 6) is -1.66. The second-order valence-corrected chi connectivity index (χ2v) is 6.41. The molecule has 0 fully saturated rings. The number of ketones is 1. The highest BCUT2D eigenvalue weighted by atomic mass is 32.2. The smallest absolute Gasteiger partial charge is 0.335 e. The lowest BCUT2D eigenvalue weighted by atomic mass is 9.95. The summed E-state index contributed by atoms with van der Waals surface area (Å²) in [5, 5.41) is 9.05. The second kappa shape index (κ2) is 3.91. The average molecular weight is 268 g/mol. The largest absolute Gasteiger partial charge is 0.478 e. The maximum Gasteiger partial charge on any atom is 0.335 e. The van der Waals surface area contributed by atoms with E-state index in [4.69, 9.17) is 5.11 Å². The molecule has 0 aliphatic carbocycles. The summed E-state index contributed by atoms with van der Waals surface area (Å²) in [6.45, 7) is 2.99. The van der Waals surface area contributed by atoms with Crippen LogP contribution in [-0.2, 0) is 9.84 Å². The Balaban J connectivity index is 2.93. The number of aryl methyl sites for hydroxylation is 1. The molecular formula is C12H12O5S. The third-order valence-corrected chi connectivity index (χ3v) is 5.03. The van der Waals surface area contributed by atoms with Gasteiger partial charge in [0.2, 0.25) is 0 Å². The molecule has 0 atom stereocenters. The summed E-state index contributed by atoms with van der Waals surface area (Å²) in [4.78, 5) is 22.9. The molecule has 1 aromatic carbocycles. The number of carboxylic acid groups (broad SMARTS) is 1. The van der Waals surface area contributed by atoms with Gasteiger partial charge in [-0.2, -0.15) is 0 Å². The molecule has 0 saturated heterocycles. The Morgan fingerprint density at radius 1 is 1.33 bits per heavy atom. The van der Waals surface area contributed by atoms with Gasteiger partial charge in [0, 0.05) is 12.0 Å². The number of rotatable bonds is 1. The molecule has 1 aromatic rings. The number of fused-ring (bicyclic) bond motifs is 1. The molecule has 1 aliphatic rings. The molecule has 5 nitrogen and oxygen atoms in total. The number of carbonyl (C=O) groups is 2. The van der Waals surface area contributed by atoms with Crippen LogP contribution in [0.3, 0.4) is 0 Å². The van der Waals surface area contributed by atoms with Crippen molar-refractivity contribution in [2.24, 2.45) is 0 Å². The van der Waals surface area contributed by atoms with Gasteiger partial charge in [-0.1, -0.05) is 0 Å². The molecule has 0 amide bonds. The van der Waals surface area contributed by atoms with Crippen molar-refractivity contribution in [1.29, 1.82) is 0 Å². The topological polar surface area (TPSA) is 88.5 Å². The number of Topliss-reactive ketones (excluding diaryl/α,β-unsaturated/α-hetero) is 1. The zero-order valence-corrected chi connectivity index (χ0v) is 10.8. The Morgan fingerprint density at radius 3 is 2.50 bits per heavy atom. The van der Waals surface area contributed by atoms with E-state index < -0.39 is 15.8 Å². The average Bonchev–Trinajstić information content (AvgIpc) is 2.26. The van der Waals surface area contributed by atoms with E-state index in [-0.39, 0.29) is 39.5 Å². The van der Waals surface area contributed by atoms with Crippen LogP contribution in [0.5, 0.6) is 0 Å². The van der Waals surface area contributed by atoms with Gasteiger partial charge in [-0.05, 0) is 31.0 Å². The van der Waals surface area contributed by atoms with E-state index >= 15 is 0 Å². The normalized spacial score (nSPS) is 17.3. The second-order valence-electron chi connectivity index (χ2n) is 4.37. The first-order chi connectivity index (χ1) is 8.25. The van der Waals surface area contributed by atoms with Crippen LogP contribution in [0.25, 0.3) is 0 Å². The van der Waals surface area contributed by atoms with Gasteiger partial charge in [0.1, 0.15) is 0 Å². The fraction of sp³-hybridized carbons (Fsp3) is 0.333. The van der Waals surface area contributed by atoms with Crippen molar-refractivity contribution in [3.05, 3.63) is 28.3 Å². The first-order valence-electron chi connectivity index (χ1n) is 5.39. The number of benzene rings is 1. The lowest BCUT2D eigenvalue weighted by Gasteiger charge is -2.20. The van der Waals surface area contributed by atoms with E-state index in [9.17, 15) is 18.0 Å². The molecule has 0 saturated carbocycles. The number of aromatic carboxylic acids is 1. The van der Waals surface area contributed by atoms with Gasteiger partial charge in [-0.15, -0.1) is 0 Å². The monoisotopic (exact) mass is 268 g/mol. The molecule has 0 unspecified atom stereocenters. The van der Waals surface area contributed by atoms with E-state index in [0.717, 1.165) is 0 Å². The highest BCUT2D eigenvalue weighted by Gasteiger charge is 2.33. The molecule has 0 bridgehead atoms. The van der Waals surface area contributed by atoms with Crippen molar-refractivity contribution >= 4 is 21.6 Å². The Bertz CT molecular complexity index is 670. The number of carboxylic acids is 1. The fourth-order valence-corrected chi connectivity index (χ4v) is 4.09. The van der Waals surface area contributed by atoms with E-state index in [2.05, 4.69) is 0 Å². The summed E-state index contributed by atoms with van der Waals surface area (Å²) in [5.41, 5.74) is 0.591. The van der Waals surface area contributed by atoms with Crippen molar-refractivity contribution in [3.63, 3.8) is 0 Å². The lowest BCUT2D eigenvalue weighted by Crippen LogP contribution is -2.25. The van der Waals surface area contributed by atoms with Crippen molar-refractivity contribution in [1.82, 2.24) is 0 Å². The van der Waals surface area contributed by atoms with Crippen LogP contribution in [0.1, 0.15) is 38.3 Å². The van der Waals surface area contributed by atoms with Gasteiger partial charge in [-0.3, -0.25) is 4.79 Å². The molecule has 1 N–H and O–H groups in total. The van der Waals surface area contributed by atoms with Crippen molar-refractivity contribution in [2.45, 2.75) is 25.2 Å². The van der Waals surface area contributed by atoms with Gasteiger partial charge in [0.05, 0.1) is 16.2 Å². The van der Waals surface area contributed by atoms with Crippen LogP contribution in [0.2, 0.25) is 0 Å². The van der Waals surface area contributed by atoms with Gasteiger partial charge in [0.25, 0.3) is 0 Å². The fourth-order valence-electron chi connectivity index (χ4n) is 2.31. The van der Waals surface area contributed by atoms with Gasteiger partial charge in [-0.25, -0.2) is 13.2 Å². The quantitative estimate of drug-likeness (QED) is 0.830. The summed E-state index contributed by atoms with van der Waals surface area (Å²) in [6, 6.07) is 1.31. The molecule has 96 valence electrons. The molecule has 6 heteroatoms. The highest BCUT2D eigenvalue weighted by Crippen LogP contribution is 2.32. The Kier molecular flexibility index (Phi) is 2.77. The maximum atomic E-state index is 12.0. The van der Waals surface area contributed by atoms with Crippen molar-refractivity contribution in [2.75, 3.05) is 5.75 Å². The van der Waals surface area contributed by atoms with E-state index in [0.29, 0.717) is 5.56 Å². The van der Waals surface area contributed by atoms with E-state index in [1.807, 2.05) is 0 Å². The third-order valence-electron chi connectivity index (χ3n) is 3.14. The minimum Gasteiger partial charge on any atom is -0.478 e. The molecule has 0 aromatic heterocycles. The minimum atomic E-state index is -3.48. The molecule has 0 radical (unpaired) electrons. The molecular weight excluding hydrogens is 256 g/mol. The van der Waals surface area contributed by atoms with Crippen molar-refractivity contribution < 1.29 is 23.1 Å². The predicted molar refractivity (Wildman–Crippen MR) is 63.9 cm³/mol. The Morgan fingerprint density at radius 2 is 1.94 bits per heavy atom. The zero-order chi connectivity index (χ0) is 13.7. The number of hydrogen-bond acceptors (Lipinski definition) is 4. The first-order valence-corrected chi connectivity index (χ1v) is 7.04. The lowest BCUT2D eigenvalue weighted by molar-refractivity contribution is 0.0696. The van der Waals surface area contributed by atoms with E-state index in [1.165, 1.54) is 19.9 Å².